The average Bonchev–Trinajstić information content (AvgIpc) is 2.74. The molecule has 2 heterocycles. The molecule has 2 atom stereocenters. The Morgan fingerprint density at radius 2 is 2.07 bits per heavy atom. The number of hydrogen-bond donors (Lipinski definition) is 3. The van der Waals surface area contributed by atoms with Crippen molar-refractivity contribution in [3.05, 3.63) is 41.6 Å². The van der Waals surface area contributed by atoms with E-state index in [1.165, 1.54) is 30.6 Å². The van der Waals surface area contributed by atoms with E-state index in [9.17, 15) is 24.3 Å². The minimum absolute atomic E-state index is 0.0547. The second kappa shape index (κ2) is 8.98. The molecular weight excluding hydrogens is 434 g/mol. The summed E-state index contributed by atoms with van der Waals surface area (Å²) >= 11 is 2.49. The lowest BCUT2D eigenvalue weighted by Crippen LogP contribution is -2.80. The van der Waals surface area contributed by atoms with Crippen molar-refractivity contribution in [3.8, 4) is 0 Å². The van der Waals surface area contributed by atoms with Gasteiger partial charge in [-0.05, 0) is 12.1 Å². The third-order valence-corrected chi connectivity index (χ3v) is 6.85. The molecule has 2 aliphatic heterocycles. The Hall–Kier alpha value is -2.70. The predicted molar refractivity (Wildman–Crippen MR) is 108 cm³/mol. The van der Waals surface area contributed by atoms with Gasteiger partial charge in [-0.2, -0.15) is 0 Å². The number of fused-ring (bicyclic) bond motifs is 1. The fourth-order valence-electron chi connectivity index (χ4n) is 3.12. The fraction of sp³-hybridized carbons (Fsp3) is 0.333. The average molecular weight is 453 g/mol. The van der Waals surface area contributed by atoms with Gasteiger partial charge in [-0.25, -0.2) is 9.59 Å². The van der Waals surface area contributed by atoms with Gasteiger partial charge in [-0.3, -0.25) is 14.5 Å². The standard InChI is InChI=1S/C18H19N3O7S2/c1-27-18(20-12(22)9-29-11-5-3-2-4-6-11)15(25)21-13(14(23)24)10(7-28-17(19)26)8-30-16(18)21/h2-6,16H,7-9H2,1H3,(H2,19,26)(H,20,22)(H,23,24)/t16-,18?/m1/s1. The maximum absolute atomic E-state index is 12.9. The summed E-state index contributed by atoms with van der Waals surface area (Å²) in [4.78, 5) is 49.9. The van der Waals surface area contributed by atoms with Crippen LogP contribution in [0.3, 0.4) is 0 Å². The van der Waals surface area contributed by atoms with Gasteiger partial charge in [0.2, 0.25) is 5.91 Å². The maximum Gasteiger partial charge on any atom is 0.404 e. The number of carbonyl (C=O) groups is 4. The summed E-state index contributed by atoms with van der Waals surface area (Å²) in [6.45, 7) is -0.347. The molecule has 1 aromatic carbocycles. The van der Waals surface area contributed by atoms with E-state index in [1.807, 2.05) is 30.3 Å². The molecule has 0 aromatic heterocycles. The Kier molecular flexibility index (Phi) is 6.58. The van der Waals surface area contributed by atoms with Crippen molar-refractivity contribution >= 4 is 47.4 Å². The van der Waals surface area contributed by atoms with Gasteiger partial charge in [0.1, 0.15) is 17.7 Å². The largest absolute Gasteiger partial charge is 0.477 e. The molecule has 12 heteroatoms. The number of rotatable bonds is 8. The predicted octanol–water partition coefficient (Wildman–Crippen LogP) is 0.587. The highest BCUT2D eigenvalue weighted by Gasteiger charge is 2.66. The minimum Gasteiger partial charge on any atom is -0.477 e. The van der Waals surface area contributed by atoms with E-state index in [4.69, 9.17) is 10.5 Å². The molecule has 0 radical (unpaired) electrons. The first-order valence-corrected chi connectivity index (χ1v) is 10.7. The van der Waals surface area contributed by atoms with Crippen molar-refractivity contribution in [2.75, 3.05) is 25.2 Å². The number of nitrogens with two attached hydrogens (primary N) is 1. The first-order valence-electron chi connectivity index (χ1n) is 8.67. The number of hydrogen-bond acceptors (Lipinski definition) is 8. The van der Waals surface area contributed by atoms with Crippen molar-refractivity contribution < 1.29 is 33.8 Å². The number of carbonyl (C=O) groups excluding carboxylic acids is 3. The highest BCUT2D eigenvalue weighted by molar-refractivity contribution is 8.00. The van der Waals surface area contributed by atoms with E-state index in [-0.39, 0.29) is 29.4 Å². The first-order chi connectivity index (χ1) is 14.3. The molecule has 1 aromatic rings. The van der Waals surface area contributed by atoms with Crippen LogP contribution in [0, 0.1) is 0 Å². The SMILES string of the molecule is COC1(NC(=O)CSc2ccccc2)C(=O)N2C(C(=O)O)=C(COC(N)=O)CS[C@@H]21. The van der Waals surface area contributed by atoms with E-state index in [0.29, 0.717) is 0 Å². The van der Waals surface area contributed by atoms with E-state index >= 15 is 0 Å². The van der Waals surface area contributed by atoms with E-state index in [1.54, 1.807) is 0 Å². The van der Waals surface area contributed by atoms with Gasteiger partial charge < -0.3 is 25.6 Å². The van der Waals surface area contributed by atoms with E-state index in [2.05, 4.69) is 10.1 Å². The summed E-state index contributed by atoms with van der Waals surface area (Å²) in [5.41, 5.74) is 3.19. The lowest BCUT2D eigenvalue weighted by Gasteiger charge is -2.55. The molecule has 4 N–H and O–H groups in total. The molecule has 10 nitrogen and oxygen atoms in total. The zero-order chi connectivity index (χ0) is 21.9. The van der Waals surface area contributed by atoms with Crippen LogP contribution in [-0.4, -0.2) is 70.2 Å². The fourth-order valence-corrected chi connectivity index (χ4v) is 5.26. The van der Waals surface area contributed by atoms with Crippen LogP contribution < -0.4 is 11.1 Å². The number of ether oxygens (including phenoxy) is 2. The van der Waals surface area contributed by atoms with Crippen LogP contribution in [0.15, 0.2) is 46.5 Å². The maximum atomic E-state index is 12.9. The molecule has 0 saturated carbocycles. The Balaban J connectivity index is 1.74. The van der Waals surface area contributed by atoms with Gasteiger partial charge in [0.05, 0.1) is 5.75 Å². The minimum atomic E-state index is -1.67. The van der Waals surface area contributed by atoms with Gasteiger partial charge in [0.15, 0.2) is 0 Å². The van der Waals surface area contributed by atoms with E-state index in [0.717, 1.165) is 9.80 Å². The summed E-state index contributed by atoms with van der Waals surface area (Å²) in [7, 11) is 1.27. The second-order valence-corrected chi connectivity index (χ2v) is 8.41. The molecule has 0 spiro atoms. The summed E-state index contributed by atoms with van der Waals surface area (Å²) in [6.07, 6.45) is -1.05. The van der Waals surface area contributed by atoms with Gasteiger partial charge >= 0.3 is 12.1 Å². The third kappa shape index (κ3) is 4.11. The molecule has 2 aliphatic rings. The normalized spacial score (nSPS) is 22.8. The van der Waals surface area contributed by atoms with Crippen molar-refractivity contribution in [3.63, 3.8) is 0 Å². The van der Waals surface area contributed by atoms with Crippen molar-refractivity contribution in [1.82, 2.24) is 10.2 Å². The molecule has 1 saturated heterocycles. The number of aliphatic carboxylic acids is 1. The number of amides is 3. The monoisotopic (exact) mass is 453 g/mol. The number of nitrogens with zero attached hydrogens (tertiary/aromatic N) is 1. The third-order valence-electron chi connectivity index (χ3n) is 4.46. The highest BCUT2D eigenvalue weighted by Crippen LogP contribution is 2.46. The number of benzene rings is 1. The van der Waals surface area contributed by atoms with Crippen molar-refractivity contribution in [2.24, 2.45) is 5.73 Å². The van der Waals surface area contributed by atoms with Crippen LogP contribution in [0.5, 0.6) is 0 Å². The van der Waals surface area contributed by atoms with Gasteiger partial charge in [0.25, 0.3) is 11.6 Å². The van der Waals surface area contributed by atoms with E-state index < -0.39 is 35.0 Å². The summed E-state index contributed by atoms with van der Waals surface area (Å²) in [5.74, 6) is -2.29. The Morgan fingerprint density at radius 3 is 2.67 bits per heavy atom. The first kappa shape index (κ1) is 22.0. The number of primary amides is 1. The number of β-lactam (4-membered cyclic amide) rings is 1. The van der Waals surface area contributed by atoms with Crippen molar-refractivity contribution in [2.45, 2.75) is 16.0 Å². The van der Waals surface area contributed by atoms with Gasteiger partial charge in [-0.1, -0.05) is 18.2 Å². The number of methoxy groups -OCH3 is 1. The molecular formula is C18H19N3O7S2. The summed E-state index contributed by atoms with van der Waals surface area (Å²) < 4.78 is 10.0. The van der Waals surface area contributed by atoms with Crippen LogP contribution in [0.2, 0.25) is 0 Å². The number of nitrogens with one attached hydrogen (secondary N) is 1. The number of carboxylic acid groups (broad SMARTS) is 1. The Morgan fingerprint density at radius 1 is 1.37 bits per heavy atom. The lowest BCUT2D eigenvalue weighted by atomic mass is 9.98. The van der Waals surface area contributed by atoms with Crippen LogP contribution in [0.1, 0.15) is 0 Å². The van der Waals surface area contributed by atoms with Crippen LogP contribution >= 0.6 is 23.5 Å². The molecule has 160 valence electrons. The smallest absolute Gasteiger partial charge is 0.404 e. The van der Waals surface area contributed by atoms with Crippen LogP contribution in [0.4, 0.5) is 4.79 Å². The zero-order valence-electron chi connectivity index (χ0n) is 15.8. The quantitative estimate of drug-likeness (QED) is 0.292. The molecule has 3 amide bonds. The zero-order valence-corrected chi connectivity index (χ0v) is 17.5. The Labute approximate surface area is 180 Å². The Bertz CT molecular complexity index is 908. The molecule has 30 heavy (non-hydrogen) atoms. The van der Waals surface area contributed by atoms with Crippen molar-refractivity contribution in [1.29, 1.82) is 0 Å². The molecule has 0 bridgehead atoms. The van der Waals surface area contributed by atoms with Gasteiger partial charge in [-0.15, -0.1) is 23.5 Å². The van der Waals surface area contributed by atoms with Crippen LogP contribution in [0.25, 0.3) is 0 Å². The molecule has 1 fully saturated rings. The molecule has 3 rings (SSSR count). The second-order valence-electron chi connectivity index (χ2n) is 6.29. The topological polar surface area (TPSA) is 148 Å². The highest BCUT2D eigenvalue weighted by atomic mass is 32.2. The van der Waals surface area contributed by atoms with Gasteiger partial charge in [0, 0.05) is 23.3 Å². The lowest BCUT2D eigenvalue weighted by molar-refractivity contribution is -0.192. The van der Waals surface area contributed by atoms with Crippen LogP contribution in [-0.2, 0) is 23.9 Å². The summed E-state index contributed by atoms with van der Waals surface area (Å²) in [5, 5.41) is 11.4. The molecule has 0 aliphatic carbocycles. The number of thioether (sulfide) groups is 2. The summed E-state index contributed by atoms with van der Waals surface area (Å²) in [6, 6.07) is 9.28. The number of carboxylic acids is 1. The molecule has 1 unspecified atom stereocenters.